The number of aryl methyl sites for hydroxylation is 1. The third-order valence-corrected chi connectivity index (χ3v) is 4.76. The van der Waals surface area contributed by atoms with Crippen LogP contribution in [0.3, 0.4) is 0 Å². The molecule has 0 spiro atoms. The van der Waals surface area contributed by atoms with Gasteiger partial charge in [0.2, 0.25) is 0 Å². The van der Waals surface area contributed by atoms with Crippen LogP contribution < -0.4 is 10.6 Å². The number of rotatable bonds is 8. The Hall–Kier alpha value is -2.64. The van der Waals surface area contributed by atoms with Gasteiger partial charge in [-0.1, -0.05) is 23.4 Å². The summed E-state index contributed by atoms with van der Waals surface area (Å²) in [5, 5.41) is 21.7. The van der Waals surface area contributed by atoms with Crippen molar-refractivity contribution in [1.82, 2.24) is 15.8 Å². The van der Waals surface area contributed by atoms with Crippen molar-refractivity contribution in [3.05, 3.63) is 58.6 Å². The number of aromatic nitrogens is 1. The Morgan fingerprint density at radius 2 is 2.15 bits per heavy atom. The first kappa shape index (κ1) is 18.2. The lowest BCUT2D eigenvalue weighted by molar-refractivity contribution is 0.0944. The summed E-state index contributed by atoms with van der Waals surface area (Å²) in [6.45, 7) is 3.80. The van der Waals surface area contributed by atoms with E-state index in [9.17, 15) is 9.90 Å². The number of amides is 1. The summed E-state index contributed by atoms with van der Waals surface area (Å²) in [4.78, 5) is 13.0. The Balaban J connectivity index is 1.36. The van der Waals surface area contributed by atoms with Gasteiger partial charge in [-0.15, -0.1) is 11.3 Å². The second-order valence-electron chi connectivity index (χ2n) is 5.97. The molecule has 3 N–H and O–H groups in total. The van der Waals surface area contributed by atoms with E-state index in [0.717, 1.165) is 29.0 Å². The summed E-state index contributed by atoms with van der Waals surface area (Å²) >= 11 is 1.54. The quantitative estimate of drug-likeness (QED) is 0.529. The molecule has 136 valence electrons. The predicted molar refractivity (Wildman–Crippen MR) is 101 cm³/mol. The highest BCUT2D eigenvalue weighted by Gasteiger charge is 2.13. The van der Waals surface area contributed by atoms with Crippen LogP contribution in [0.1, 0.15) is 28.0 Å². The van der Waals surface area contributed by atoms with Gasteiger partial charge in [-0.25, -0.2) is 0 Å². The van der Waals surface area contributed by atoms with Gasteiger partial charge in [-0.05, 0) is 43.0 Å². The van der Waals surface area contributed by atoms with Gasteiger partial charge in [0.1, 0.15) is 5.75 Å². The second kappa shape index (κ2) is 8.64. The van der Waals surface area contributed by atoms with Crippen LogP contribution in [0.15, 0.2) is 46.3 Å². The summed E-state index contributed by atoms with van der Waals surface area (Å²) in [5.41, 5.74) is 2.18. The molecule has 1 amide bonds. The fourth-order valence-electron chi connectivity index (χ4n) is 2.47. The lowest BCUT2D eigenvalue weighted by atomic mass is 10.1. The van der Waals surface area contributed by atoms with E-state index >= 15 is 0 Å². The molecule has 3 rings (SSSR count). The van der Waals surface area contributed by atoms with Gasteiger partial charge in [0.05, 0.1) is 4.88 Å². The molecular weight excluding hydrogens is 350 g/mol. The molecule has 26 heavy (non-hydrogen) atoms. The number of nitrogens with zero attached hydrogens (tertiary/aromatic N) is 1. The lowest BCUT2D eigenvalue weighted by Crippen LogP contribution is -2.27. The van der Waals surface area contributed by atoms with Crippen LogP contribution in [-0.2, 0) is 6.54 Å². The largest absolute Gasteiger partial charge is 0.508 e. The van der Waals surface area contributed by atoms with Crippen molar-refractivity contribution >= 4 is 17.2 Å². The summed E-state index contributed by atoms with van der Waals surface area (Å²) in [5.74, 6) is 0.663. The number of carbonyl (C=O) groups excluding carboxylic acids is 1. The van der Waals surface area contributed by atoms with E-state index in [0.29, 0.717) is 24.6 Å². The molecule has 7 heteroatoms. The van der Waals surface area contributed by atoms with Crippen LogP contribution >= 0.6 is 11.3 Å². The maximum absolute atomic E-state index is 12.1. The van der Waals surface area contributed by atoms with E-state index in [-0.39, 0.29) is 11.6 Å². The zero-order chi connectivity index (χ0) is 18.4. The van der Waals surface area contributed by atoms with E-state index < -0.39 is 0 Å². The number of thiophene rings is 1. The number of phenols is 1. The molecule has 6 nitrogen and oxygen atoms in total. The Morgan fingerprint density at radius 1 is 1.27 bits per heavy atom. The van der Waals surface area contributed by atoms with Gasteiger partial charge >= 0.3 is 0 Å². The zero-order valence-electron chi connectivity index (χ0n) is 14.5. The van der Waals surface area contributed by atoms with E-state index in [1.54, 1.807) is 12.1 Å². The van der Waals surface area contributed by atoms with Crippen LogP contribution in [0.4, 0.5) is 0 Å². The van der Waals surface area contributed by atoms with E-state index in [4.69, 9.17) is 4.52 Å². The first-order valence-electron chi connectivity index (χ1n) is 8.41. The standard InChI is InChI=1S/C19H21N3O3S/c1-13-5-6-14(16(23)10-13)12-20-7-3-8-21-19(24)15-11-17(25-22-15)18-4-2-9-26-18/h2,4-6,9-11,20,23H,3,7-8,12H2,1H3,(H,21,24). The zero-order valence-corrected chi connectivity index (χ0v) is 15.3. The molecular formula is C19H21N3O3S. The minimum Gasteiger partial charge on any atom is -0.508 e. The van der Waals surface area contributed by atoms with Crippen LogP contribution in [-0.4, -0.2) is 29.3 Å². The molecule has 0 unspecified atom stereocenters. The monoisotopic (exact) mass is 371 g/mol. The molecule has 0 aliphatic rings. The van der Waals surface area contributed by atoms with Crippen LogP contribution in [0.5, 0.6) is 5.75 Å². The Morgan fingerprint density at radius 3 is 2.92 bits per heavy atom. The highest BCUT2D eigenvalue weighted by molar-refractivity contribution is 7.13. The number of nitrogens with one attached hydrogen (secondary N) is 2. The minimum absolute atomic E-state index is 0.243. The SMILES string of the molecule is Cc1ccc(CNCCCNC(=O)c2cc(-c3cccs3)on2)c(O)c1. The maximum atomic E-state index is 12.1. The summed E-state index contributed by atoms with van der Waals surface area (Å²) in [6.07, 6.45) is 0.772. The number of hydrogen-bond acceptors (Lipinski definition) is 6. The Kier molecular flexibility index (Phi) is 6.04. The third kappa shape index (κ3) is 4.71. The van der Waals surface area contributed by atoms with Crippen molar-refractivity contribution in [3.63, 3.8) is 0 Å². The van der Waals surface area contributed by atoms with Crippen LogP contribution in [0.2, 0.25) is 0 Å². The topological polar surface area (TPSA) is 87.4 Å². The van der Waals surface area contributed by atoms with E-state index in [1.165, 1.54) is 11.3 Å². The molecule has 0 saturated heterocycles. The molecule has 2 aromatic heterocycles. The van der Waals surface area contributed by atoms with Gasteiger partial charge in [-0.2, -0.15) is 0 Å². The fraction of sp³-hybridized carbons (Fsp3) is 0.263. The van der Waals surface area contributed by atoms with Gasteiger partial charge < -0.3 is 20.3 Å². The molecule has 2 heterocycles. The summed E-state index contributed by atoms with van der Waals surface area (Å²) in [6, 6.07) is 11.1. The van der Waals surface area contributed by atoms with Gasteiger partial charge in [0.25, 0.3) is 5.91 Å². The molecule has 0 aliphatic carbocycles. The first-order valence-corrected chi connectivity index (χ1v) is 9.29. The van der Waals surface area contributed by atoms with E-state index in [1.807, 2.05) is 36.6 Å². The van der Waals surface area contributed by atoms with Crippen molar-refractivity contribution in [2.24, 2.45) is 0 Å². The second-order valence-corrected chi connectivity index (χ2v) is 6.92. The number of aromatic hydroxyl groups is 1. The first-order chi connectivity index (χ1) is 12.6. The molecule has 0 aliphatic heterocycles. The molecule has 0 atom stereocenters. The summed E-state index contributed by atoms with van der Waals surface area (Å²) in [7, 11) is 0. The van der Waals surface area contributed by atoms with Crippen molar-refractivity contribution in [3.8, 4) is 16.4 Å². The smallest absolute Gasteiger partial charge is 0.273 e. The fourth-order valence-corrected chi connectivity index (χ4v) is 3.14. The molecule has 0 radical (unpaired) electrons. The van der Waals surface area contributed by atoms with Crippen LogP contribution in [0.25, 0.3) is 10.6 Å². The molecule has 0 saturated carbocycles. The number of hydrogen-bond donors (Lipinski definition) is 3. The Labute approximate surface area is 155 Å². The average Bonchev–Trinajstić information content (AvgIpc) is 3.30. The molecule has 0 bridgehead atoms. The highest BCUT2D eigenvalue weighted by atomic mass is 32.1. The molecule has 1 aromatic carbocycles. The van der Waals surface area contributed by atoms with Gasteiger partial charge in [0.15, 0.2) is 11.5 Å². The number of benzene rings is 1. The minimum atomic E-state index is -0.243. The predicted octanol–water partition coefficient (Wildman–Crippen LogP) is 3.33. The average molecular weight is 371 g/mol. The van der Waals surface area contributed by atoms with Gasteiger partial charge in [-0.3, -0.25) is 4.79 Å². The van der Waals surface area contributed by atoms with Crippen molar-refractivity contribution in [1.29, 1.82) is 0 Å². The van der Waals surface area contributed by atoms with Crippen molar-refractivity contribution < 1.29 is 14.4 Å². The number of phenolic OH excluding ortho intramolecular Hbond substituents is 1. The number of carbonyl (C=O) groups is 1. The normalized spacial score (nSPS) is 10.8. The maximum Gasteiger partial charge on any atom is 0.273 e. The van der Waals surface area contributed by atoms with E-state index in [2.05, 4.69) is 15.8 Å². The van der Waals surface area contributed by atoms with Gasteiger partial charge in [0, 0.05) is 24.7 Å². The Bertz CT molecular complexity index is 859. The van der Waals surface area contributed by atoms with Crippen LogP contribution in [0, 0.1) is 6.92 Å². The summed E-state index contributed by atoms with van der Waals surface area (Å²) < 4.78 is 5.21. The molecule has 3 aromatic rings. The van der Waals surface area contributed by atoms with Crippen molar-refractivity contribution in [2.75, 3.05) is 13.1 Å². The van der Waals surface area contributed by atoms with Crippen molar-refractivity contribution in [2.45, 2.75) is 19.9 Å². The third-order valence-electron chi connectivity index (χ3n) is 3.88. The lowest BCUT2D eigenvalue weighted by Gasteiger charge is -2.08. The highest BCUT2D eigenvalue weighted by Crippen LogP contribution is 2.25. The molecule has 0 fully saturated rings.